The lowest BCUT2D eigenvalue weighted by Gasteiger charge is -2.33. The van der Waals surface area contributed by atoms with Crippen LogP contribution in [-0.2, 0) is 11.3 Å². The molecule has 4 rings (SSSR count). The fourth-order valence-electron chi connectivity index (χ4n) is 4.00. The molecule has 0 aliphatic carbocycles. The predicted octanol–water partition coefficient (Wildman–Crippen LogP) is 3.67. The summed E-state index contributed by atoms with van der Waals surface area (Å²) in [5.41, 5.74) is 12.9. The van der Waals surface area contributed by atoms with Crippen molar-refractivity contribution in [1.82, 2.24) is 19.6 Å². The number of nitrogen functional groups attached to an aromatic ring is 1. The van der Waals surface area contributed by atoms with E-state index >= 15 is 0 Å². The number of carbonyl (C=O) groups excluding carboxylic acids is 3. The third-order valence-electron chi connectivity index (χ3n) is 5.61. The van der Waals surface area contributed by atoms with Gasteiger partial charge in [-0.2, -0.15) is 4.37 Å². The molecule has 0 bridgehead atoms. The van der Waals surface area contributed by atoms with Crippen LogP contribution >= 0.6 is 11.5 Å². The number of carbonyl (C=O) groups is 3. The number of aromatic nitrogens is 2. The number of primary amides is 1. The lowest BCUT2D eigenvalue weighted by Crippen LogP contribution is -2.49. The Balaban J connectivity index is 1.88. The molecule has 190 valence electrons. The average molecular weight is 517 g/mol. The van der Waals surface area contributed by atoms with Gasteiger partial charge in [0.05, 0.1) is 11.2 Å². The SMILES string of the molecule is CC(C)(C)NC(=O)C(c1ccc2ncccc2c1)N(Cc1ccccc1)C(=O)c1snc(C(N)=O)c1N. The molecular formula is C27H28N6O3S. The van der Waals surface area contributed by atoms with E-state index in [0.29, 0.717) is 5.56 Å². The first-order valence-corrected chi connectivity index (χ1v) is 12.4. The normalized spacial score (nSPS) is 12.2. The first-order chi connectivity index (χ1) is 17.5. The number of nitrogens with one attached hydrogen (secondary N) is 1. The summed E-state index contributed by atoms with van der Waals surface area (Å²) in [5, 5.41) is 3.84. The Morgan fingerprint density at radius 1 is 1.05 bits per heavy atom. The molecule has 10 heteroatoms. The molecule has 37 heavy (non-hydrogen) atoms. The van der Waals surface area contributed by atoms with E-state index in [-0.39, 0.29) is 28.7 Å². The summed E-state index contributed by atoms with van der Waals surface area (Å²) in [6.07, 6.45) is 1.69. The van der Waals surface area contributed by atoms with Gasteiger partial charge in [0.15, 0.2) is 5.69 Å². The van der Waals surface area contributed by atoms with Gasteiger partial charge in [-0.3, -0.25) is 19.4 Å². The van der Waals surface area contributed by atoms with Gasteiger partial charge in [0.1, 0.15) is 10.9 Å². The molecule has 5 N–H and O–H groups in total. The van der Waals surface area contributed by atoms with E-state index in [1.807, 2.05) is 75.4 Å². The number of nitrogens with zero attached hydrogens (tertiary/aromatic N) is 3. The molecule has 0 spiro atoms. The molecule has 0 fully saturated rings. The Labute approximate surface area is 218 Å². The fourth-order valence-corrected chi connectivity index (χ4v) is 4.76. The molecule has 1 atom stereocenters. The summed E-state index contributed by atoms with van der Waals surface area (Å²) < 4.78 is 3.99. The minimum atomic E-state index is -1.02. The molecule has 2 aromatic heterocycles. The van der Waals surface area contributed by atoms with Crippen molar-refractivity contribution in [1.29, 1.82) is 0 Å². The molecule has 0 aliphatic heterocycles. The predicted molar refractivity (Wildman–Crippen MR) is 144 cm³/mol. The maximum absolute atomic E-state index is 14.0. The Bertz CT molecular complexity index is 1460. The average Bonchev–Trinajstić information content (AvgIpc) is 3.24. The van der Waals surface area contributed by atoms with Crippen LogP contribution in [0.15, 0.2) is 66.9 Å². The number of hydrogen-bond acceptors (Lipinski definition) is 7. The van der Waals surface area contributed by atoms with E-state index in [1.54, 1.807) is 12.3 Å². The van der Waals surface area contributed by atoms with Gasteiger partial charge in [0, 0.05) is 23.7 Å². The third kappa shape index (κ3) is 5.75. The van der Waals surface area contributed by atoms with E-state index in [4.69, 9.17) is 11.5 Å². The molecule has 0 saturated carbocycles. The Morgan fingerprint density at radius 3 is 2.43 bits per heavy atom. The standard InChI is InChI=1S/C27H28N6O3S/c1-27(2,3)31-25(35)22(18-11-12-19-17(14-18)10-7-13-30-19)33(15-16-8-5-4-6-9-16)26(36)23-20(28)21(24(29)34)32-37-23/h4-14,22H,15,28H2,1-3H3,(H2,29,34)(H,31,35). The number of benzene rings is 2. The monoisotopic (exact) mass is 516 g/mol. The van der Waals surface area contributed by atoms with E-state index in [9.17, 15) is 14.4 Å². The second-order valence-electron chi connectivity index (χ2n) is 9.65. The molecular weight excluding hydrogens is 488 g/mol. The highest BCUT2D eigenvalue weighted by molar-refractivity contribution is 7.09. The lowest BCUT2D eigenvalue weighted by atomic mass is 9.99. The Kier molecular flexibility index (Phi) is 7.21. The maximum atomic E-state index is 14.0. The van der Waals surface area contributed by atoms with E-state index in [2.05, 4.69) is 14.7 Å². The number of hydrogen-bond donors (Lipinski definition) is 3. The zero-order chi connectivity index (χ0) is 26.7. The van der Waals surface area contributed by atoms with Gasteiger partial charge in [-0.1, -0.05) is 42.5 Å². The van der Waals surface area contributed by atoms with Crippen molar-refractivity contribution in [2.75, 3.05) is 5.73 Å². The minimum absolute atomic E-state index is 0.0424. The van der Waals surface area contributed by atoms with Gasteiger partial charge >= 0.3 is 0 Å². The number of rotatable bonds is 7. The van der Waals surface area contributed by atoms with Crippen LogP contribution < -0.4 is 16.8 Å². The van der Waals surface area contributed by atoms with Crippen molar-refractivity contribution >= 4 is 45.8 Å². The Morgan fingerprint density at radius 2 is 1.78 bits per heavy atom. The largest absolute Gasteiger partial charge is 0.395 e. The number of anilines is 1. The molecule has 2 heterocycles. The second kappa shape index (κ2) is 10.4. The zero-order valence-electron chi connectivity index (χ0n) is 20.8. The quantitative estimate of drug-likeness (QED) is 0.342. The van der Waals surface area contributed by atoms with Crippen LogP contribution in [0, 0.1) is 0 Å². The van der Waals surface area contributed by atoms with Crippen LogP contribution in [-0.4, -0.2) is 37.5 Å². The highest BCUT2D eigenvalue weighted by Gasteiger charge is 2.36. The molecule has 1 unspecified atom stereocenters. The van der Waals surface area contributed by atoms with Crippen molar-refractivity contribution in [3.05, 3.63) is 88.6 Å². The lowest BCUT2D eigenvalue weighted by molar-refractivity contribution is -0.127. The maximum Gasteiger partial charge on any atom is 0.270 e. The number of nitrogens with two attached hydrogens (primary N) is 2. The van der Waals surface area contributed by atoms with E-state index in [1.165, 1.54) is 4.90 Å². The van der Waals surface area contributed by atoms with Crippen molar-refractivity contribution in [3.8, 4) is 0 Å². The number of fused-ring (bicyclic) bond motifs is 1. The van der Waals surface area contributed by atoms with Crippen molar-refractivity contribution < 1.29 is 14.4 Å². The Hall–Kier alpha value is -4.31. The molecule has 0 saturated heterocycles. The summed E-state index contributed by atoms with van der Waals surface area (Å²) in [6.45, 7) is 5.72. The summed E-state index contributed by atoms with van der Waals surface area (Å²) in [5.74, 6) is -1.73. The topological polar surface area (TPSA) is 144 Å². The summed E-state index contributed by atoms with van der Waals surface area (Å²) in [7, 11) is 0. The second-order valence-corrected chi connectivity index (χ2v) is 10.4. The van der Waals surface area contributed by atoms with Crippen LogP contribution in [0.1, 0.15) is 58.1 Å². The van der Waals surface area contributed by atoms with Crippen LogP contribution in [0.2, 0.25) is 0 Å². The van der Waals surface area contributed by atoms with Crippen LogP contribution in [0.3, 0.4) is 0 Å². The number of amides is 3. The smallest absolute Gasteiger partial charge is 0.270 e. The summed E-state index contributed by atoms with van der Waals surface area (Å²) >= 11 is 0.783. The summed E-state index contributed by atoms with van der Waals surface area (Å²) in [4.78, 5) is 45.5. The van der Waals surface area contributed by atoms with Crippen LogP contribution in [0.5, 0.6) is 0 Å². The molecule has 4 aromatic rings. The van der Waals surface area contributed by atoms with Gasteiger partial charge in [-0.15, -0.1) is 0 Å². The number of pyridine rings is 1. The fraction of sp³-hybridized carbons (Fsp3) is 0.222. The van der Waals surface area contributed by atoms with Crippen molar-refractivity contribution in [2.24, 2.45) is 5.73 Å². The highest BCUT2D eigenvalue weighted by Crippen LogP contribution is 2.31. The van der Waals surface area contributed by atoms with E-state index < -0.39 is 23.4 Å². The van der Waals surface area contributed by atoms with Crippen LogP contribution in [0.25, 0.3) is 10.9 Å². The van der Waals surface area contributed by atoms with E-state index in [0.717, 1.165) is 28.0 Å². The van der Waals surface area contributed by atoms with Crippen LogP contribution in [0.4, 0.5) is 5.69 Å². The van der Waals surface area contributed by atoms with Gasteiger partial charge in [0.2, 0.25) is 5.91 Å². The van der Waals surface area contributed by atoms with Gasteiger partial charge in [0.25, 0.3) is 11.8 Å². The van der Waals surface area contributed by atoms with Crippen molar-refractivity contribution in [3.63, 3.8) is 0 Å². The van der Waals surface area contributed by atoms with Gasteiger partial charge in [-0.05, 0) is 61.6 Å². The molecule has 3 amide bonds. The first-order valence-electron chi connectivity index (χ1n) is 11.6. The third-order valence-corrected chi connectivity index (χ3v) is 6.46. The molecule has 9 nitrogen and oxygen atoms in total. The summed E-state index contributed by atoms with van der Waals surface area (Å²) in [6, 6.07) is 17.5. The minimum Gasteiger partial charge on any atom is -0.395 e. The highest BCUT2D eigenvalue weighted by atomic mass is 32.1. The van der Waals surface area contributed by atoms with Gasteiger partial charge < -0.3 is 21.7 Å². The first kappa shape index (κ1) is 25.8. The van der Waals surface area contributed by atoms with Crippen molar-refractivity contribution in [2.45, 2.75) is 38.9 Å². The molecule has 0 aliphatic rings. The molecule has 0 radical (unpaired) electrons. The zero-order valence-corrected chi connectivity index (χ0v) is 21.6. The van der Waals surface area contributed by atoms with Gasteiger partial charge in [-0.25, -0.2) is 0 Å². The molecule has 2 aromatic carbocycles.